The van der Waals surface area contributed by atoms with Gasteiger partial charge in [0.05, 0.1) is 6.61 Å². The number of hydrogen-bond acceptors (Lipinski definition) is 2. The van der Waals surface area contributed by atoms with Gasteiger partial charge in [0.25, 0.3) is 0 Å². The van der Waals surface area contributed by atoms with Crippen LogP contribution in [0.4, 0.5) is 0 Å². The Hall–Kier alpha value is -0.290. The molecule has 3 heteroatoms. The van der Waals surface area contributed by atoms with E-state index in [9.17, 15) is 0 Å². The minimum Gasteiger partial charge on any atom is -0.494 e. The van der Waals surface area contributed by atoms with Crippen LogP contribution in [0.15, 0.2) is 24.3 Å². The molecule has 1 N–H and O–H groups in total. The number of benzene rings is 1. The van der Waals surface area contributed by atoms with Crippen molar-refractivity contribution in [2.45, 2.75) is 31.7 Å². The Balaban J connectivity index is 1.69. The molecule has 0 bridgehead atoms. The monoisotopic (exact) mass is 331 g/mol. The Kier molecular flexibility index (Phi) is 4.91. The van der Waals surface area contributed by atoms with E-state index in [0.29, 0.717) is 6.04 Å². The average Bonchev–Trinajstić information content (AvgIpc) is 2.33. The van der Waals surface area contributed by atoms with Crippen LogP contribution in [0.3, 0.4) is 0 Å². The lowest BCUT2D eigenvalue weighted by Gasteiger charge is -2.23. The Morgan fingerprint density at radius 2 is 2.06 bits per heavy atom. The van der Waals surface area contributed by atoms with Crippen molar-refractivity contribution < 1.29 is 4.74 Å². The molecule has 88 valence electrons. The van der Waals surface area contributed by atoms with Gasteiger partial charge in [0.2, 0.25) is 0 Å². The third-order valence-corrected chi connectivity index (χ3v) is 3.68. The standard InChI is InChI=1S/C13H18INO/c14-11-4-6-13(7-5-11)16-10-8-12-3-1-2-9-15-12/h4-7,12,15H,1-3,8-10H2/t12-/m0/s1. The molecule has 0 radical (unpaired) electrons. The lowest BCUT2D eigenvalue weighted by Crippen LogP contribution is -2.35. The van der Waals surface area contributed by atoms with E-state index in [0.717, 1.165) is 18.8 Å². The first-order chi connectivity index (χ1) is 7.84. The van der Waals surface area contributed by atoms with Crippen LogP contribution in [0.5, 0.6) is 5.75 Å². The summed E-state index contributed by atoms with van der Waals surface area (Å²) >= 11 is 2.30. The summed E-state index contributed by atoms with van der Waals surface area (Å²) in [5, 5.41) is 3.53. The van der Waals surface area contributed by atoms with Gasteiger partial charge in [-0.05, 0) is 72.7 Å². The van der Waals surface area contributed by atoms with Crippen molar-refractivity contribution in [1.29, 1.82) is 0 Å². The van der Waals surface area contributed by atoms with Crippen molar-refractivity contribution in [3.05, 3.63) is 27.8 Å². The molecule has 1 fully saturated rings. The number of rotatable bonds is 4. The summed E-state index contributed by atoms with van der Waals surface area (Å²) in [5.74, 6) is 0.983. The van der Waals surface area contributed by atoms with E-state index in [1.165, 1.54) is 29.4 Å². The first-order valence-corrected chi connectivity index (χ1v) is 7.04. The van der Waals surface area contributed by atoms with Crippen LogP contribution in [-0.4, -0.2) is 19.2 Å². The van der Waals surface area contributed by atoms with Gasteiger partial charge in [-0.3, -0.25) is 0 Å². The molecule has 0 unspecified atom stereocenters. The molecule has 1 aliphatic rings. The van der Waals surface area contributed by atoms with Gasteiger partial charge in [0.1, 0.15) is 5.75 Å². The van der Waals surface area contributed by atoms with Crippen molar-refractivity contribution >= 4 is 22.6 Å². The van der Waals surface area contributed by atoms with E-state index in [1.54, 1.807) is 0 Å². The van der Waals surface area contributed by atoms with Crippen LogP contribution in [0.2, 0.25) is 0 Å². The van der Waals surface area contributed by atoms with Gasteiger partial charge in [0.15, 0.2) is 0 Å². The molecule has 16 heavy (non-hydrogen) atoms. The zero-order valence-electron chi connectivity index (χ0n) is 9.42. The molecule has 1 saturated heterocycles. The van der Waals surface area contributed by atoms with Gasteiger partial charge >= 0.3 is 0 Å². The molecule has 1 aromatic carbocycles. The Bertz CT molecular complexity index is 306. The molecule has 0 spiro atoms. The second kappa shape index (κ2) is 6.45. The maximum absolute atomic E-state index is 5.72. The zero-order valence-corrected chi connectivity index (χ0v) is 11.6. The quantitative estimate of drug-likeness (QED) is 0.856. The summed E-state index contributed by atoms with van der Waals surface area (Å²) in [5.41, 5.74) is 0. The second-order valence-corrected chi connectivity index (χ2v) is 5.48. The summed E-state index contributed by atoms with van der Waals surface area (Å²) < 4.78 is 6.97. The predicted molar refractivity (Wildman–Crippen MR) is 74.9 cm³/mol. The van der Waals surface area contributed by atoms with Crippen molar-refractivity contribution in [1.82, 2.24) is 5.32 Å². The highest BCUT2D eigenvalue weighted by Gasteiger charge is 2.11. The number of ether oxygens (including phenoxy) is 1. The van der Waals surface area contributed by atoms with E-state index >= 15 is 0 Å². The number of piperidine rings is 1. The van der Waals surface area contributed by atoms with Gasteiger partial charge in [-0.2, -0.15) is 0 Å². The highest BCUT2D eigenvalue weighted by Crippen LogP contribution is 2.15. The number of hydrogen-bond donors (Lipinski definition) is 1. The Labute approximate surface area is 111 Å². The molecule has 1 aliphatic heterocycles. The first-order valence-electron chi connectivity index (χ1n) is 5.96. The number of halogens is 1. The predicted octanol–water partition coefficient (Wildman–Crippen LogP) is 3.20. The summed E-state index contributed by atoms with van der Waals surface area (Å²) in [4.78, 5) is 0. The average molecular weight is 331 g/mol. The fourth-order valence-electron chi connectivity index (χ4n) is 2.02. The fraction of sp³-hybridized carbons (Fsp3) is 0.538. The van der Waals surface area contributed by atoms with E-state index < -0.39 is 0 Å². The lowest BCUT2D eigenvalue weighted by molar-refractivity contribution is 0.268. The molecule has 2 nitrogen and oxygen atoms in total. The molecule has 1 heterocycles. The molecule has 0 aromatic heterocycles. The van der Waals surface area contributed by atoms with Crippen LogP contribution in [0, 0.1) is 3.57 Å². The molecule has 0 amide bonds. The van der Waals surface area contributed by atoms with Crippen molar-refractivity contribution in [3.8, 4) is 5.75 Å². The Morgan fingerprint density at radius 3 is 2.75 bits per heavy atom. The smallest absolute Gasteiger partial charge is 0.119 e. The van der Waals surface area contributed by atoms with E-state index in [4.69, 9.17) is 4.74 Å². The first kappa shape index (κ1) is 12.2. The van der Waals surface area contributed by atoms with Crippen LogP contribution in [0.25, 0.3) is 0 Å². The molecule has 0 aliphatic carbocycles. The normalized spacial score (nSPS) is 20.7. The third-order valence-electron chi connectivity index (χ3n) is 2.96. The van der Waals surface area contributed by atoms with Crippen molar-refractivity contribution in [2.75, 3.05) is 13.2 Å². The minimum atomic E-state index is 0.664. The largest absolute Gasteiger partial charge is 0.494 e. The topological polar surface area (TPSA) is 21.3 Å². The van der Waals surface area contributed by atoms with Gasteiger partial charge < -0.3 is 10.1 Å². The van der Waals surface area contributed by atoms with Crippen LogP contribution in [-0.2, 0) is 0 Å². The zero-order chi connectivity index (χ0) is 11.2. The van der Waals surface area contributed by atoms with Crippen LogP contribution < -0.4 is 10.1 Å². The SMILES string of the molecule is Ic1ccc(OCC[C@@H]2CCCCN2)cc1. The highest BCUT2D eigenvalue weighted by atomic mass is 127. The molecule has 2 rings (SSSR count). The summed E-state index contributed by atoms with van der Waals surface area (Å²) in [6, 6.07) is 8.90. The number of nitrogens with one attached hydrogen (secondary N) is 1. The van der Waals surface area contributed by atoms with E-state index in [-0.39, 0.29) is 0 Å². The van der Waals surface area contributed by atoms with Crippen LogP contribution in [0.1, 0.15) is 25.7 Å². The highest BCUT2D eigenvalue weighted by molar-refractivity contribution is 14.1. The van der Waals surface area contributed by atoms with Crippen molar-refractivity contribution in [2.24, 2.45) is 0 Å². The summed E-state index contributed by atoms with van der Waals surface area (Å²) in [6.45, 7) is 1.99. The van der Waals surface area contributed by atoms with E-state index in [1.807, 2.05) is 12.1 Å². The van der Waals surface area contributed by atoms with Crippen molar-refractivity contribution in [3.63, 3.8) is 0 Å². The van der Waals surface area contributed by atoms with Gasteiger partial charge in [-0.1, -0.05) is 6.42 Å². The maximum atomic E-state index is 5.72. The van der Waals surface area contributed by atoms with Crippen LogP contribution >= 0.6 is 22.6 Å². The molecular weight excluding hydrogens is 313 g/mol. The summed E-state index contributed by atoms with van der Waals surface area (Å²) in [6.07, 6.45) is 5.11. The minimum absolute atomic E-state index is 0.664. The molecule has 1 aromatic rings. The molecular formula is C13H18INO. The lowest BCUT2D eigenvalue weighted by atomic mass is 10.0. The van der Waals surface area contributed by atoms with E-state index in [2.05, 4.69) is 40.0 Å². The fourth-order valence-corrected chi connectivity index (χ4v) is 2.38. The molecule has 1 atom stereocenters. The van der Waals surface area contributed by atoms with Gasteiger partial charge in [-0.15, -0.1) is 0 Å². The van der Waals surface area contributed by atoms with Gasteiger partial charge in [0, 0.05) is 9.61 Å². The third kappa shape index (κ3) is 3.94. The second-order valence-electron chi connectivity index (χ2n) is 4.24. The Morgan fingerprint density at radius 1 is 1.25 bits per heavy atom. The summed E-state index contributed by atoms with van der Waals surface area (Å²) in [7, 11) is 0. The van der Waals surface area contributed by atoms with Gasteiger partial charge in [-0.25, -0.2) is 0 Å². The maximum Gasteiger partial charge on any atom is 0.119 e. The molecule has 0 saturated carbocycles.